The van der Waals surface area contributed by atoms with Crippen LogP contribution in [0.25, 0.3) is 0 Å². The zero-order chi connectivity index (χ0) is 14.7. The summed E-state index contributed by atoms with van der Waals surface area (Å²) in [4.78, 5) is 12.0. The second-order valence-electron chi connectivity index (χ2n) is 4.78. The molecule has 1 fully saturated rings. The molecule has 1 aliphatic rings. The first-order valence-corrected chi connectivity index (χ1v) is 6.26. The smallest absolute Gasteiger partial charge is 0.387 e. The normalized spacial score (nSPS) is 22.1. The standard InChI is InChI=1S/C13H15F3N2O2/c14-8-2-4-10(11(6-8)20-13(15)16)18-12(19)7-1-3-9(17)5-7/h2,4,6-7,9,13H,1,3,5,17H2,(H,18,19). The number of hydrogen-bond donors (Lipinski definition) is 2. The summed E-state index contributed by atoms with van der Waals surface area (Å²) < 4.78 is 41.7. The Labute approximate surface area is 114 Å². The predicted octanol–water partition coefficient (Wildman–Crippen LogP) is 2.49. The molecule has 7 heteroatoms. The topological polar surface area (TPSA) is 64.4 Å². The summed E-state index contributed by atoms with van der Waals surface area (Å²) in [6.07, 6.45) is 1.96. The molecular formula is C13H15F3N2O2. The van der Waals surface area contributed by atoms with Gasteiger partial charge in [0.15, 0.2) is 5.75 Å². The molecule has 0 aliphatic heterocycles. The van der Waals surface area contributed by atoms with Crippen LogP contribution in [0.2, 0.25) is 0 Å². The molecule has 0 spiro atoms. The van der Waals surface area contributed by atoms with Gasteiger partial charge in [0.2, 0.25) is 5.91 Å². The zero-order valence-electron chi connectivity index (χ0n) is 10.6. The number of nitrogens with one attached hydrogen (secondary N) is 1. The van der Waals surface area contributed by atoms with Crippen molar-refractivity contribution >= 4 is 11.6 Å². The molecule has 0 heterocycles. The fourth-order valence-electron chi connectivity index (χ4n) is 2.28. The van der Waals surface area contributed by atoms with Crippen LogP contribution in [0.1, 0.15) is 19.3 Å². The van der Waals surface area contributed by atoms with Gasteiger partial charge in [-0.05, 0) is 31.4 Å². The Kier molecular flexibility index (Phi) is 4.49. The van der Waals surface area contributed by atoms with E-state index in [9.17, 15) is 18.0 Å². The monoisotopic (exact) mass is 288 g/mol. The first kappa shape index (κ1) is 14.6. The minimum atomic E-state index is -3.09. The van der Waals surface area contributed by atoms with Crippen molar-refractivity contribution in [3.63, 3.8) is 0 Å². The van der Waals surface area contributed by atoms with Gasteiger partial charge >= 0.3 is 6.61 Å². The van der Waals surface area contributed by atoms with Crippen LogP contribution in [0.15, 0.2) is 18.2 Å². The number of alkyl halides is 2. The van der Waals surface area contributed by atoms with Gasteiger partial charge in [-0.3, -0.25) is 4.79 Å². The second kappa shape index (κ2) is 6.13. The summed E-state index contributed by atoms with van der Waals surface area (Å²) in [5.41, 5.74) is 5.74. The lowest BCUT2D eigenvalue weighted by molar-refractivity contribution is -0.119. The van der Waals surface area contributed by atoms with Gasteiger partial charge in [-0.15, -0.1) is 0 Å². The molecule has 4 nitrogen and oxygen atoms in total. The molecule has 2 atom stereocenters. The highest BCUT2D eigenvalue weighted by Gasteiger charge is 2.28. The minimum absolute atomic E-state index is 0.0178. The Balaban J connectivity index is 2.10. The van der Waals surface area contributed by atoms with E-state index in [4.69, 9.17) is 5.73 Å². The molecule has 0 radical (unpaired) electrons. The third-order valence-electron chi connectivity index (χ3n) is 3.26. The van der Waals surface area contributed by atoms with Crippen molar-refractivity contribution < 1.29 is 22.7 Å². The number of hydrogen-bond acceptors (Lipinski definition) is 3. The number of nitrogens with two attached hydrogens (primary N) is 1. The van der Waals surface area contributed by atoms with Crippen LogP contribution >= 0.6 is 0 Å². The molecule has 2 rings (SSSR count). The Hall–Kier alpha value is -1.76. The molecule has 3 N–H and O–H groups in total. The molecule has 1 aliphatic carbocycles. The molecule has 1 saturated carbocycles. The predicted molar refractivity (Wildman–Crippen MR) is 67.0 cm³/mol. The quantitative estimate of drug-likeness (QED) is 0.894. The maximum atomic E-state index is 13.0. The van der Waals surface area contributed by atoms with E-state index in [1.807, 2.05) is 0 Å². The van der Waals surface area contributed by atoms with Gasteiger partial charge in [-0.2, -0.15) is 8.78 Å². The van der Waals surface area contributed by atoms with E-state index in [2.05, 4.69) is 10.1 Å². The van der Waals surface area contributed by atoms with Crippen molar-refractivity contribution in [1.82, 2.24) is 0 Å². The average Bonchev–Trinajstić information content (AvgIpc) is 2.78. The third-order valence-corrected chi connectivity index (χ3v) is 3.26. The van der Waals surface area contributed by atoms with E-state index >= 15 is 0 Å². The van der Waals surface area contributed by atoms with Crippen molar-refractivity contribution in [2.24, 2.45) is 11.7 Å². The highest BCUT2D eigenvalue weighted by atomic mass is 19.3. The van der Waals surface area contributed by atoms with Gasteiger partial charge in [0.1, 0.15) is 5.82 Å². The zero-order valence-corrected chi connectivity index (χ0v) is 10.6. The Morgan fingerprint density at radius 3 is 2.75 bits per heavy atom. The lowest BCUT2D eigenvalue weighted by Gasteiger charge is -2.14. The molecule has 1 aromatic rings. The largest absolute Gasteiger partial charge is 0.432 e. The molecule has 0 aromatic heterocycles. The van der Waals surface area contributed by atoms with E-state index in [0.717, 1.165) is 18.6 Å². The van der Waals surface area contributed by atoms with E-state index in [-0.39, 0.29) is 23.6 Å². The fraction of sp³-hybridized carbons (Fsp3) is 0.462. The molecular weight excluding hydrogens is 273 g/mol. The second-order valence-corrected chi connectivity index (χ2v) is 4.78. The third kappa shape index (κ3) is 3.63. The molecule has 1 amide bonds. The molecule has 1 aromatic carbocycles. The Morgan fingerprint density at radius 1 is 1.40 bits per heavy atom. The highest BCUT2D eigenvalue weighted by molar-refractivity contribution is 5.94. The van der Waals surface area contributed by atoms with Crippen LogP contribution in [-0.2, 0) is 4.79 Å². The Morgan fingerprint density at radius 2 is 2.15 bits per heavy atom. The van der Waals surface area contributed by atoms with E-state index in [0.29, 0.717) is 12.8 Å². The van der Waals surface area contributed by atoms with Gasteiger partial charge in [0.25, 0.3) is 0 Å². The number of rotatable bonds is 4. The van der Waals surface area contributed by atoms with Gasteiger partial charge in [-0.25, -0.2) is 4.39 Å². The average molecular weight is 288 g/mol. The summed E-state index contributed by atoms with van der Waals surface area (Å²) in [7, 11) is 0. The van der Waals surface area contributed by atoms with Crippen molar-refractivity contribution in [2.45, 2.75) is 31.9 Å². The van der Waals surface area contributed by atoms with Gasteiger partial charge in [0, 0.05) is 18.0 Å². The molecule has 20 heavy (non-hydrogen) atoms. The van der Waals surface area contributed by atoms with E-state index in [1.54, 1.807) is 0 Å². The van der Waals surface area contributed by atoms with Gasteiger partial charge < -0.3 is 15.8 Å². The number of benzene rings is 1. The summed E-state index contributed by atoms with van der Waals surface area (Å²) >= 11 is 0. The van der Waals surface area contributed by atoms with Gasteiger partial charge in [-0.1, -0.05) is 0 Å². The maximum Gasteiger partial charge on any atom is 0.387 e. The lowest BCUT2D eigenvalue weighted by Crippen LogP contribution is -2.23. The summed E-state index contributed by atoms with van der Waals surface area (Å²) in [6, 6.07) is 3.05. The molecule has 0 bridgehead atoms. The van der Waals surface area contributed by atoms with Crippen molar-refractivity contribution in [2.75, 3.05) is 5.32 Å². The van der Waals surface area contributed by atoms with E-state index in [1.165, 1.54) is 6.07 Å². The van der Waals surface area contributed by atoms with Crippen LogP contribution in [0.4, 0.5) is 18.9 Å². The Bertz CT molecular complexity index is 497. The van der Waals surface area contributed by atoms with Gasteiger partial charge in [0.05, 0.1) is 5.69 Å². The minimum Gasteiger partial charge on any atom is -0.432 e. The lowest BCUT2D eigenvalue weighted by atomic mass is 10.1. The summed E-state index contributed by atoms with van der Waals surface area (Å²) in [5, 5.41) is 2.49. The maximum absolute atomic E-state index is 13.0. The van der Waals surface area contributed by atoms with Crippen LogP contribution in [0.3, 0.4) is 0 Å². The number of amides is 1. The van der Waals surface area contributed by atoms with Crippen LogP contribution in [-0.4, -0.2) is 18.6 Å². The first-order valence-electron chi connectivity index (χ1n) is 6.26. The first-order chi connectivity index (χ1) is 9.45. The number of carbonyl (C=O) groups is 1. The van der Waals surface area contributed by atoms with Crippen molar-refractivity contribution in [1.29, 1.82) is 0 Å². The summed E-state index contributed by atoms with van der Waals surface area (Å²) in [5.74, 6) is -1.68. The summed E-state index contributed by atoms with van der Waals surface area (Å²) in [6.45, 7) is -3.09. The van der Waals surface area contributed by atoms with Crippen molar-refractivity contribution in [3.8, 4) is 5.75 Å². The number of halogens is 3. The fourth-order valence-corrected chi connectivity index (χ4v) is 2.28. The SMILES string of the molecule is NC1CCC(C(=O)Nc2ccc(F)cc2OC(F)F)C1. The number of anilines is 1. The van der Waals surface area contributed by atoms with Crippen molar-refractivity contribution in [3.05, 3.63) is 24.0 Å². The molecule has 0 saturated heterocycles. The number of carbonyl (C=O) groups excluding carboxylic acids is 1. The highest BCUT2D eigenvalue weighted by Crippen LogP contribution is 2.30. The van der Waals surface area contributed by atoms with Crippen LogP contribution in [0.5, 0.6) is 5.75 Å². The van der Waals surface area contributed by atoms with Crippen LogP contribution < -0.4 is 15.8 Å². The number of ether oxygens (including phenoxy) is 1. The van der Waals surface area contributed by atoms with E-state index < -0.39 is 18.2 Å². The molecule has 110 valence electrons. The van der Waals surface area contributed by atoms with Crippen LogP contribution in [0, 0.1) is 11.7 Å². The molecule has 2 unspecified atom stereocenters.